The van der Waals surface area contributed by atoms with Gasteiger partial charge in [0.25, 0.3) is 0 Å². The fourth-order valence-corrected chi connectivity index (χ4v) is 1.98. The number of carbonyl (C=O) groups is 1. The Morgan fingerprint density at radius 1 is 1.15 bits per heavy atom. The van der Waals surface area contributed by atoms with Crippen LogP contribution in [-0.4, -0.2) is 17.6 Å². The van der Waals surface area contributed by atoms with Crippen LogP contribution in [0.3, 0.4) is 0 Å². The van der Waals surface area contributed by atoms with E-state index in [9.17, 15) is 9.90 Å². The normalized spacial score (nSPS) is 11.3. The Morgan fingerprint density at radius 3 is 2.45 bits per heavy atom. The summed E-state index contributed by atoms with van der Waals surface area (Å²) in [5, 5.41) is 21.4. The van der Waals surface area contributed by atoms with Gasteiger partial charge in [0.15, 0.2) is 0 Å². The molecule has 0 amide bonds. The van der Waals surface area contributed by atoms with Gasteiger partial charge in [-0.05, 0) is 17.7 Å². The van der Waals surface area contributed by atoms with Crippen LogP contribution in [0.5, 0.6) is 0 Å². The second-order valence-corrected chi connectivity index (χ2v) is 4.34. The lowest BCUT2D eigenvalue weighted by Crippen LogP contribution is -2.21. The number of rotatable bonds is 5. The molecule has 0 fully saturated rings. The van der Waals surface area contributed by atoms with E-state index in [0.29, 0.717) is 11.3 Å². The molecule has 0 spiro atoms. The van der Waals surface area contributed by atoms with Crippen LogP contribution in [0.15, 0.2) is 54.6 Å². The molecule has 2 rings (SSSR count). The van der Waals surface area contributed by atoms with Gasteiger partial charge in [-0.25, -0.2) is 0 Å². The average molecular weight is 266 g/mol. The van der Waals surface area contributed by atoms with E-state index in [2.05, 4.69) is 11.4 Å². The zero-order valence-electron chi connectivity index (χ0n) is 10.8. The molecule has 0 radical (unpaired) electrons. The Morgan fingerprint density at radius 2 is 1.80 bits per heavy atom. The molecule has 0 heterocycles. The van der Waals surface area contributed by atoms with Crippen molar-refractivity contribution in [2.45, 2.75) is 5.92 Å². The first-order valence-corrected chi connectivity index (χ1v) is 6.23. The summed E-state index contributed by atoms with van der Waals surface area (Å²) in [5.41, 5.74) is 1.89. The number of carboxylic acid groups (broad SMARTS) is 1. The third-order valence-corrected chi connectivity index (χ3v) is 3.04. The zero-order chi connectivity index (χ0) is 14.4. The summed E-state index contributed by atoms with van der Waals surface area (Å²) >= 11 is 0. The largest absolute Gasteiger partial charge is 0.481 e. The van der Waals surface area contributed by atoms with Crippen molar-refractivity contribution in [1.82, 2.24) is 0 Å². The van der Waals surface area contributed by atoms with Crippen LogP contribution < -0.4 is 5.32 Å². The topological polar surface area (TPSA) is 73.1 Å². The van der Waals surface area contributed by atoms with Crippen molar-refractivity contribution in [3.8, 4) is 6.07 Å². The fraction of sp³-hybridized carbons (Fsp3) is 0.125. The summed E-state index contributed by atoms with van der Waals surface area (Å²) in [4.78, 5) is 11.4. The van der Waals surface area contributed by atoms with E-state index in [1.807, 2.05) is 24.3 Å². The quantitative estimate of drug-likeness (QED) is 0.872. The lowest BCUT2D eigenvalue weighted by atomic mass is 9.99. The molecular formula is C16H14N2O2. The number of nitriles is 1. The van der Waals surface area contributed by atoms with Gasteiger partial charge >= 0.3 is 5.97 Å². The molecule has 0 saturated carbocycles. The Labute approximate surface area is 117 Å². The van der Waals surface area contributed by atoms with Crippen LogP contribution in [0.1, 0.15) is 17.0 Å². The van der Waals surface area contributed by atoms with Crippen LogP contribution in [0.2, 0.25) is 0 Å². The highest BCUT2D eigenvalue weighted by molar-refractivity contribution is 5.77. The molecule has 4 nitrogen and oxygen atoms in total. The number of carboxylic acids is 1. The zero-order valence-corrected chi connectivity index (χ0v) is 10.8. The van der Waals surface area contributed by atoms with Crippen molar-refractivity contribution in [2.24, 2.45) is 0 Å². The van der Waals surface area contributed by atoms with E-state index in [1.165, 1.54) is 0 Å². The molecule has 2 N–H and O–H groups in total. The van der Waals surface area contributed by atoms with E-state index in [4.69, 9.17) is 5.26 Å². The van der Waals surface area contributed by atoms with Crippen molar-refractivity contribution < 1.29 is 9.90 Å². The first-order chi connectivity index (χ1) is 9.72. The summed E-state index contributed by atoms with van der Waals surface area (Å²) in [6.07, 6.45) is 0. The maximum Gasteiger partial charge on any atom is 0.312 e. The molecule has 20 heavy (non-hydrogen) atoms. The fourth-order valence-electron chi connectivity index (χ4n) is 1.98. The number of aliphatic carboxylic acids is 1. The molecule has 0 saturated heterocycles. The highest BCUT2D eigenvalue weighted by Crippen LogP contribution is 2.19. The van der Waals surface area contributed by atoms with Gasteiger partial charge in [0.05, 0.1) is 17.2 Å². The first-order valence-electron chi connectivity index (χ1n) is 6.23. The third-order valence-electron chi connectivity index (χ3n) is 3.04. The van der Waals surface area contributed by atoms with Crippen molar-refractivity contribution in [2.75, 3.05) is 11.9 Å². The maximum absolute atomic E-state index is 11.4. The predicted molar refractivity (Wildman–Crippen MR) is 76.5 cm³/mol. The molecule has 0 bridgehead atoms. The number of benzene rings is 2. The highest BCUT2D eigenvalue weighted by Gasteiger charge is 2.19. The number of anilines is 1. The van der Waals surface area contributed by atoms with E-state index >= 15 is 0 Å². The van der Waals surface area contributed by atoms with Crippen molar-refractivity contribution in [3.05, 3.63) is 65.7 Å². The number of nitrogens with one attached hydrogen (secondary N) is 1. The Balaban J connectivity index is 2.15. The van der Waals surface area contributed by atoms with Crippen LogP contribution in [0.4, 0.5) is 5.69 Å². The molecule has 0 aromatic heterocycles. The summed E-state index contributed by atoms with van der Waals surface area (Å²) in [7, 11) is 0. The number of para-hydroxylation sites is 1. The Kier molecular flexibility index (Phi) is 4.35. The first kappa shape index (κ1) is 13.6. The molecule has 2 aromatic rings. The lowest BCUT2D eigenvalue weighted by molar-refractivity contribution is -0.138. The molecule has 0 aliphatic heterocycles. The molecule has 1 unspecified atom stereocenters. The SMILES string of the molecule is N#Cc1ccccc1NCC(C(=O)O)c1ccccc1. The average Bonchev–Trinajstić information content (AvgIpc) is 2.48. The second-order valence-electron chi connectivity index (χ2n) is 4.34. The van der Waals surface area contributed by atoms with Crippen molar-refractivity contribution in [1.29, 1.82) is 5.26 Å². The minimum absolute atomic E-state index is 0.234. The smallest absolute Gasteiger partial charge is 0.312 e. The van der Waals surface area contributed by atoms with Crippen molar-refractivity contribution >= 4 is 11.7 Å². The molecule has 100 valence electrons. The lowest BCUT2D eigenvalue weighted by Gasteiger charge is -2.15. The molecule has 4 heteroatoms. The van der Waals surface area contributed by atoms with Gasteiger partial charge in [-0.15, -0.1) is 0 Å². The van der Waals surface area contributed by atoms with Crippen LogP contribution in [-0.2, 0) is 4.79 Å². The minimum Gasteiger partial charge on any atom is -0.481 e. The van der Waals surface area contributed by atoms with Gasteiger partial charge in [-0.2, -0.15) is 5.26 Å². The monoisotopic (exact) mass is 266 g/mol. The van der Waals surface area contributed by atoms with E-state index in [1.54, 1.807) is 30.3 Å². The molecule has 2 aromatic carbocycles. The summed E-state index contributed by atoms with van der Waals surface area (Å²) < 4.78 is 0. The van der Waals surface area contributed by atoms with Crippen LogP contribution in [0, 0.1) is 11.3 Å². The van der Waals surface area contributed by atoms with E-state index in [-0.39, 0.29) is 6.54 Å². The maximum atomic E-state index is 11.4. The minimum atomic E-state index is -0.891. The predicted octanol–water partition coefficient (Wildman–Crippen LogP) is 2.84. The number of nitrogens with zero attached hydrogens (tertiary/aromatic N) is 1. The Hall–Kier alpha value is -2.80. The standard InChI is InChI=1S/C16H14N2O2/c17-10-13-8-4-5-9-15(13)18-11-14(16(19)20)12-6-2-1-3-7-12/h1-9,14,18H,11H2,(H,19,20). The molecule has 1 atom stereocenters. The van der Waals surface area contributed by atoms with Gasteiger partial charge in [-0.3, -0.25) is 4.79 Å². The van der Waals surface area contributed by atoms with Gasteiger partial charge in [0.2, 0.25) is 0 Å². The Bertz CT molecular complexity index is 632. The van der Waals surface area contributed by atoms with E-state index in [0.717, 1.165) is 5.56 Å². The van der Waals surface area contributed by atoms with Crippen molar-refractivity contribution in [3.63, 3.8) is 0 Å². The van der Waals surface area contributed by atoms with E-state index < -0.39 is 11.9 Å². The molecular weight excluding hydrogens is 252 g/mol. The molecule has 0 aliphatic rings. The number of hydrogen-bond donors (Lipinski definition) is 2. The van der Waals surface area contributed by atoms with Gasteiger partial charge in [0, 0.05) is 6.54 Å². The van der Waals surface area contributed by atoms with Gasteiger partial charge in [-0.1, -0.05) is 42.5 Å². The summed E-state index contributed by atoms with van der Waals surface area (Å²) in [6.45, 7) is 0.234. The second kappa shape index (κ2) is 6.39. The summed E-state index contributed by atoms with van der Waals surface area (Å²) in [6, 6.07) is 18.2. The van der Waals surface area contributed by atoms with Crippen LogP contribution in [0.25, 0.3) is 0 Å². The number of hydrogen-bond acceptors (Lipinski definition) is 3. The highest BCUT2D eigenvalue weighted by atomic mass is 16.4. The van der Waals surface area contributed by atoms with Gasteiger partial charge in [0.1, 0.15) is 6.07 Å². The molecule has 0 aliphatic carbocycles. The summed E-state index contributed by atoms with van der Waals surface area (Å²) in [5.74, 6) is -1.54. The van der Waals surface area contributed by atoms with Crippen LogP contribution >= 0.6 is 0 Å². The third kappa shape index (κ3) is 3.15. The van der Waals surface area contributed by atoms with Gasteiger partial charge < -0.3 is 10.4 Å².